The lowest BCUT2D eigenvalue weighted by Gasteiger charge is -2.35. The molecule has 2 saturated heterocycles. The first kappa shape index (κ1) is 31.4. The van der Waals surface area contributed by atoms with Crippen LogP contribution >= 0.6 is 0 Å². The second kappa shape index (κ2) is 13.8. The molecule has 4 N–H and O–H groups in total. The summed E-state index contributed by atoms with van der Waals surface area (Å²) in [4.78, 5) is 55.4. The molecular formula is C35H39N5O6. The van der Waals surface area contributed by atoms with Gasteiger partial charge in [-0.25, -0.2) is 0 Å². The molecule has 0 spiro atoms. The molecule has 3 heterocycles. The van der Waals surface area contributed by atoms with Crippen LogP contribution in [0.1, 0.15) is 28.7 Å². The van der Waals surface area contributed by atoms with Gasteiger partial charge >= 0.3 is 5.97 Å². The first-order valence-corrected chi connectivity index (χ1v) is 15.7. The van der Waals surface area contributed by atoms with Gasteiger partial charge in [0.05, 0.1) is 37.5 Å². The predicted molar refractivity (Wildman–Crippen MR) is 174 cm³/mol. The van der Waals surface area contributed by atoms with E-state index >= 15 is 0 Å². The number of Topliss-reactive ketones (excluding diaryl/α,β-unsaturated/α-hetero) is 1. The number of carboxylic acid groups (broad SMARTS) is 1. The molecule has 0 radical (unpaired) electrons. The lowest BCUT2D eigenvalue weighted by atomic mass is 9.85. The zero-order valence-corrected chi connectivity index (χ0v) is 25.8. The van der Waals surface area contributed by atoms with Gasteiger partial charge in [-0.05, 0) is 47.0 Å². The molecule has 3 aliphatic rings. The molecule has 0 aromatic heterocycles. The molecule has 6 rings (SSSR count). The van der Waals surface area contributed by atoms with Gasteiger partial charge in [0.25, 0.3) is 0 Å². The van der Waals surface area contributed by atoms with Crippen LogP contribution in [0.25, 0.3) is 0 Å². The maximum atomic E-state index is 13.8. The monoisotopic (exact) mass is 625 g/mol. The fourth-order valence-electron chi connectivity index (χ4n) is 6.60. The third-order valence-corrected chi connectivity index (χ3v) is 9.27. The highest BCUT2D eigenvalue weighted by Crippen LogP contribution is 2.33. The van der Waals surface area contributed by atoms with Crippen LogP contribution in [0, 0.1) is 11.8 Å². The van der Waals surface area contributed by atoms with E-state index in [0.717, 1.165) is 22.4 Å². The third-order valence-electron chi connectivity index (χ3n) is 9.27. The minimum absolute atomic E-state index is 0.0800. The van der Waals surface area contributed by atoms with E-state index < -0.39 is 23.8 Å². The maximum Gasteiger partial charge on any atom is 0.308 e. The summed E-state index contributed by atoms with van der Waals surface area (Å²) in [7, 11) is 1.71. The number of likely N-dealkylation sites (N-methyl/N-ethyl adjacent to an activating group) is 1. The Morgan fingerprint density at radius 1 is 0.935 bits per heavy atom. The number of fused-ring (bicyclic) bond motifs is 1. The number of hydrogen-bond donors (Lipinski definition) is 4. The number of morpholine rings is 1. The number of ketones is 1. The summed E-state index contributed by atoms with van der Waals surface area (Å²) in [6.07, 6.45) is 0.173. The number of aliphatic carboxylic acids is 1. The average molecular weight is 626 g/mol. The summed E-state index contributed by atoms with van der Waals surface area (Å²) >= 11 is 0. The minimum Gasteiger partial charge on any atom is -0.481 e. The van der Waals surface area contributed by atoms with Crippen molar-refractivity contribution in [3.8, 4) is 0 Å². The van der Waals surface area contributed by atoms with Gasteiger partial charge in [0.15, 0.2) is 5.78 Å². The Morgan fingerprint density at radius 2 is 1.63 bits per heavy atom. The summed E-state index contributed by atoms with van der Waals surface area (Å²) in [5.41, 5.74) is 4.90. The fraction of sp³-hybridized carbons (Fsp3) is 0.371. The van der Waals surface area contributed by atoms with Crippen molar-refractivity contribution in [2.24, 2.45) is 11.8 Å². The average Bonchev–Trinajstić information content (AvgIpc) is 3.75. The van der Waals surface area contributed by atoms with Crippen LogP contribution in [-0.2, 0) is 30.3 Å². The SMILES string of the molecule is CN(C(=O)Cc1ccc(NC(=O)C2CNc3ccccc32)cc1)c1ccc(C(C(=O)C2CNCC2C(=O)O)N2CCOCC2)cc1. The quantitative estimate of drug-likeness (QED) is 0.268. The number of nitrogens with one attached hydrogen (secondary N) is 3. The van der Waals surface area contributed by atoms with Gasteiger partial charge in [0.1, 0.15) is 0 Å². The van der Waals surface area contributed by atoms with Crippen molar-refractivity contribution in [1.29, 1.82) is 0 Å². The first-order chi connectivity index (χ1) is 22.3. The molecule has 3 aromatic rings. The van der Waals surface area contributed by atoms with Gasteiger partial charge in [-0.15, -0.1) is 0 Å². The Bertz CT molecular complexity index is 1590. The van der Waals surface area contributed by atoms with E-state index in [1.54, 1.807) is 24.1 Å². The molecule has 2 fully saturated rings. The molecule has 4 atom stereocenters. The van der Waals surface area contributed by atoms with Crippen molar-refractivity contribution in [3.63, 3.8) is 0 Å². The van der Waals surface area contributed by atoms with Gasteiger partial charge in [0.2, 0.25) is 11.8 Å². The molecule has 4 unspecified atom stereocenters. The number of carbonyl (C=O) groups is 4. The molecule has 3 aromatic carbocycles. The zero-order chi connectivity index (χ0) is 32.2. The highest BCUT2D eigenvalue weighted by Gasteiger charge is 2.42. The molecular weight excluding hydrogens is 586 g/mol. The van der Waals surface area contributed by atoms with E-state index in [9.17, 15) is 24.3 Å². The number of carbonyl (C=O) groups excluding carboxylic acids is 3. The van der Waals surface area contributed by atoms with Crippen molar-refractivity contribution < 1.29 is 29.0 Å². The zero-order valence-electron chi connectivity index (χ0n) is 25.8. The first-order valence-electron chi connectivity index (χ1n) is 15.7. The van der Waals surface area contributed by atoms with Crippen molar-refractivity contribution in [2.75, 3.05) is 68.5 Å². The number of rotatable bonds is 10. The summed E-state index contributed by atoms with van der Waals surface area (Å²) in [6, 6.07) is 21.9. The van der Waals surface area contributed by atoms with E-state index in [0.29, 0.717) is 50.8 Å². The molecule has 2 amide bonds. The number of ether oxygens (including phenoxy) is 1. The Kier molecular flexibility index (Phi) is 9.43. The molecule has 0 saturated carbocycles. The van der Waals surface area contributed by atoms with Gasteiger partial charge < -0.3 is 30.7 Å². The van der Waals surface area contributed by atoms with Crippen LogP contribution in [-0.4, -0.2) is 86.6 Å². The van der Waals surface area contributed by atoms with Gasteiger partial charge in [-0.3, -0.25) is 24.1 Å². The fourth-order valence-corrected chi connectivity index (χ4v) is 6.60. The second-order valence-corrected chi connectivity index (χ2v) is 12.1. The number of benzene rings is 3. The summed E-state index contributed by atoms with van der Waals surface area (Å²) < 4.78 is 5.51. The second-order valence-electron chi connectivity index (χ2n) is 12.1. The van der Waals surface area contributed by atoms with Crippen molar-refractivity contribution in [3.05, 3.63) is 89.5 Å². The molecule has 0 bridgehead atoms. The highest BCUT2D eigenvalue weighted by atomic mass is 16.5. The van der Waals surface area contributed by atoms with E-state index in [-0.39, 0.29) is 36.5 Å². The number of amides is 2. The Morgan fingerprint density at radius 3 is 2.35 bits per heavy atom. The maximum absolute atomic E-state index is 13.8. The smallest absolute Gasteiger partial charge is 0.308 e. The van der Waals surface area contributed by atoms with Crippen molar-refractivity contribution >= 4 is 40.6 Å². The minimum atomic E-state index is -0.966. The van der Waals surface area contributed by atoms with Crippen molar-refractivity contribution in [2.45, 2.75) is 18.4 Å². The Hall–Kier alpha value is -4.58. The van der Waals surface area contributed by atoms with Gasteiger partial charge in [0, 0.05) is 62.8 Å². The summed E-state index contributed by atoms with van der Waals surface area (Å²) in [5, 5.41) is 19.0. The Balaban J connectivity index is 1.09. The molecule has 11 nitrogen and oxygen atoms in total. The van der Waals surface area contributed by atoms with Crippen LogP contribution in [0.15, 0.2) is 72.8 Å². The van der Waals surface area contributed by atoms with Gasteiger partial charge in [-0.2, -0.15) is 0 Å². The Labute approximate surface area is 267 Å². The van der Waals surface area contributed by atoms with E-state index in [1.165, 1.54) is 0 Å². The van der Waals surface area contributed by atoms with Crippen LogP contribution in [0.5, 0.6) is 0 Å². The highest BCUT2D eigenvalue weighted by molar-refractivity contribution is 5.98. The van der Waals surface area contributed by atoms with Crippen LogP contribution in [0.2, 0.25) is 0 Å². The normalized spacial score (nSPS) is 21.5. The topological polar surface area (TPSA) is 140 Å². The number of carboxylic acids is 1. The number of para-hydroxylation sites is 1. The summed E-state index contributed by atoms with van der Waals surface area (Å²) in [5.74, 6) is -2.91. The molecule has 11 heteroatoms. The number of nitrogens with zero attached hydrogens (tertiary/aromatic N) is 2. The standard InChI is InChI=1S/C35H39N5O6/c1-39(31(41)18-22-6-10-24(11-7-22)38-34(43)28-21-37-30-5-3-2-4-26(28)30)25-12-8-23(9-13-25)32(40-14-16-46-17-15-40)33(42)27-19-36-20-29(27)35(44)45/h2-13,27-29,32,36-37H,14-21H2,1H3,(H,38,43)(H,44,45). The lowest BCUT2D eigenvalue weighted by Crippen LogP contribution is -2.45. The van der Waals surface area contributed by atoms with Crippen LogP contribution in [0.3, 0.4) is 0 Å². The molecule has 46 heavy (non-hydrogen) atoms. The predicted octanol–water partition coefficient (Wildman–Crippen LogP) is 2.90. The molecule has 3 aliphatic heterocycles. The summed E-state index contributed by atoms with van der Waals surface area (Å²) in [6.45, 7) is 3.32. The van der Waals surface area contributed by atoms with Crippen molar-refractivity contribution in [1.82, 2.24) is 10.2 Å². The largest absolute Gasteiger partial charge is 0.481 e. The third kappa shape index (κ3) is 6.67. The lowest BCUT2D eigenvalue weighted by molar-refractivity contribution is -0.146. The van der Waals surface area contributed by atoms with Crippen LogP contribution < -0.4 is 20.9 Å². The van der Waals surface area contributed by atoms with E-state index in [4.69, 9.17) is 4.74 Å². The van der Waals surface area contributed by atoms with Gasteiger partial charge in [-0.1, -0.05) is 42.5 Å². The number of anilines is 3. The molecule has 240 valence electrons. The molecule has 0 aliphatic carbocycles. The van der Waals surface area contributed by atoms with E-state index in [2.05, 4.69) is 20.9 Å². The van der Waals surface area contributed by atoms with E-state index in [1.807, 2.05) is 60.7 Å². The number of hydrogen-bond acceptors (Lipinski definition) is 8. The van der Waals surface area contributed by atoms with Crippen LogP contribution in [0.4, 0.5) is 17.1 Å².